The molecule has 0 saturated heterocycles. The van der Waals surface area contributed by atoms with Crippen LogP contribution in [0.5, 0.6) is 0 Å². The molecule has 24 heavy (non-hydrogen) atoms. The Morgan fingerprint density at radius 1 is 1.04 bits per heavy atom. The standard InChI is InChI=1S/C17H16N4O3/c1-10-18-14-8-7-11(9-15(14)19-10)20-17(23)21-13-6-4-3-5-12(13)16(22)24-2/h3-9,18-19H,1H2,2H3,(H2,20,21,23). The van der Waals surface area contributed by atoms with E-state index in [9.17, 15) is 9.59 Å². The highest BCUT2D eigenvalue weighted by molar-refractivity contribution is 6.05. The minimum absolute atomic E-state index is 0.284. The number of rotatable bonds is 3. The van der Waals surface area contributed by atoms with Crippen molar-refractivity contribution in [3.8, 4) is 0 Å². The maximum absolute atomic E-state index is 12.2. The van der Waals surface area contributed by atoms with Gasteiger partial charge in [-0.25, -0.2) is 9.59 Å². The van der Waals surface area contributed by atoms with Crippen LogP contribution in [-0.4, -0.2) is 19.1 Å². The number of nitrogens with one attached hydrogen (secondary N) is 4. The lowest BCUT2D eigenvalue weighted by molar-refractivity contribution is 0.0602. The van der Waals surface area contributed by atoms with Crippen LogP contribution < -0.4 is 21.3 Å². The molecule has 2 amide bonds. The Hall–Kier alpha value is -3.48. The van der Waals surface area contributed by atoms with Crippen molar-refractivity contribution in [1.82, 2.24) is 0 Å². The Morgan fingerprint density at radius 3 is 2.58 bits per heavy atom. The summed E-state index contributed by atoms with van der Waals surface area (Å²) in [6.07, 6.45) is 0. The number of urea groups is 1. The molecular weight excluding hydrogens is 308 g/mol. The second-order valence-electron chi connectivity index (χ2n) is 5.11. The Labute approximate surface area is 138 Å². The average Bonchev–Trinajstić information content (AvgIpc) is 2.94. The molecule has 1 aliphatic rings. The molecule has 2 aromatic rings. The van der Waals surface area contributed by atoms with Crippen LogP contribution in [0, 0.1) is 0 Å². The van der Waals surface area contributed by atoms with Gasteiger partial charge >= 0.3 is 12.0 Å². The quantitative estimate of drug-likeness (QED) is 0.649. The highest BCUT2D eigenvalue weighted by Crippen LogP contribution is 2.32. The monoisotopic (exact) mass is 324 g/mol. The van der Waals surface area contributed by atoms with Gasteiger partial charge in [-0.3, -0.25) is 0 Å². The van der Waals surface area contributed by atoms with Crippen LogP contribution in [0.25, 0.3) is 0 Å². The van der Waals surface area contributed by atoms with Crippen LogP contribution in [-0.2, 0) is 4.74 Å². The summed E-state index contributed by atoms with van der Waals surface area (Å²) in [5.41, 5.74) is 2.98. The van der Waals surface area contributed by atoms with E-state index in [2.05, 4.69) is 27.8 Å². The number of fused-ring (bicyclic) bond motifs is 1. The minimum Gasteiger partial charge on any atom is -0.465 e. The average molecular weight is 324 g/mol. The first-order chi connectivity index (χ1) is 11.6. The second-order valence-corrected chi connectivity index (χ2v) is 5.11. The number of anilines is 4. The van der Waals surface area contributed by atoms with Crippen molar-refractivity contribution in [2.24, 2.45) is 0 Å². The summed E-state index contributed by atoms with van der Waals surface area (Å²) >= 11 is 0. The predicted molar refractivity (Wildman–Crippen MR) is 93.3 cm³/mol. The van der Waals surface area contributed by atoms with E-state index in [4.69, 9.17) is 4.74 Å². The topological polar surface area (TPSA) is 91.5 Å². The molecular formula is C17H16N4O3. The van der Waals surface area contributed by atoms with Crippen LogP contribution in [0.1, 0.15) is 10.4 Å². The van der Waals surface area contributed by atoms with Crippen molar-refractivity contribution in [2.75, 3.05) is 28.4 Å². The van der Waals surface area contributed by atoms with Gasteiger partial charge in [-0.1, -0.05) is 18.7 Å². The molecule has 1 aliphatic heterocycles. The van der Waals surface area contributed by atoms with Gasteiger partial charge in [-0.2, -0.15) is 0 Å². The molecule has 4 N–H and O–H groups in total. The van der Waals surface area contributed by atoms with Gasteiger partial charge in [0.25, 0.3) is 0 Å². The lowest BCUT2D eigenvalue weighted by Crippen LogP contribution is -2.21. The number of amides is 2. The van der Waals surface area contributed by atoms with Crippen LogP contribution >= 0.6 is 0 Å². The molecule has 0 aromatic heterocycles. The van der Waals surface area contributed by atoms with E-state index in [1.807, 2.05) is 6.07 Å². The van der Waals surface area contributed by atoms with Crippen molar-refractivity contribution in [2.45, 2.75) is 0 Å². The number of methoxy groups -OCH3 is 1. The molecule has 122 valence electrons. The van der Waals surface area contributed by atoms with Gasteiger partial charge < -0.3 is 26.0 Å². The number of esters is 1. The van der Waals surface area contributed by atoms with Gasteiger partial charge in [0.05, 0.1) is 29.7 Å². The molecule has 3 rings (SSSR count). The molecule has 0 saturated carbocycles. The van der Waals surface area contributed by atoms with Crippen molar-refractivity contribution >= 4 is 34.7 Å². The van der Waals surface area contributed by atoms with Crippen LogP contribution in [0.2, 0.25) is 0 Å². The number of benzene rings is 2. The summed E-state index contributed by atoms with van der Waals surface area (Å²) < 4.78 is 4.70. The first-order valence-corrected chi connectivity index (χ1v) is 7.19. The number of hydrogen-bond acceptors (Lipinski definition) is 5. The minimum atomic E-state index is -0.516. The number of hydrogen-bond donors (Lipinski definition) is 4. The lowest BCUT2D eigenvalue weighted by atomic mass is 10.2. The molecule has 0 fully saturated rings. The molecule has 0 bridgehead atoms. The van der Waals surface area contributed by atoms with Crippen molar-refractivity contribution in [3.63, 3.8) is 0 Å². The molecule has 0 unspecified atom stereocenters. The third kappa shape index (κ3) is 3.14. The largest absolute Gasteiger partial charge is 0.465 e. The highest BCUT2D eigenvalue weighted by Gasteiger charge is 2.15. The number of carbonyl (C=O) groups is 2. The van der Waals surface area contributed by atoms with E-state index in [0.717, 1.165) is 11.4 Å². The van der Waals surface area contributed by atoms with E-state index in [-0.39, 0.29) is 5.56 Å². The first kappa shape index (κ1) is 15.4. The van der Waals surface area contributed by atoms with Gasteiger partial charge in [-0.15, -0.1) is 0 Å². The summed E-state index contributed by atoms with van der Waals surface area (Å²) in [6.45, 7) is 3.78. The Bertz CT molecular complexity index is 832. The highest BCUT2D eigenvalue weighted by atomic mass is 16.5. The zero-order valence-electron chi connectivity index (χ0n) is 13.0. The molecule has 1 heterocycles. The lowest BCUT2D eigenvalue weighted by Gasteiger charge is -2.11. The third-order valence-electron chi connectivity index (χ3n) is 3.43. The fourth-order valence-electron chi connectivity index (χ4n) is 2.36. The summed E-state index contributed by atoms with van der Waals surface area (Å²) in [5.74, 6) is 0.163. The Morgan fingerprint density at radius 2 is 1.79 bits per heavy atom. The Kier molecular flexibility index (Phi) is 4.07. The SMILES string of the molecule is C=C1Nc2ccc(NC(=O)Nc3ccccc3C(=O)OC)cc2N1. The van der Waals surface area contributed by atoms with Gasteiger partial charge in [0.1, 0.15) is 5.82 Å². The van der Waals surface area contributed by atoms with Crippen molar-refractivity contribution in [3.05, 3.63) is 60.4 Å². The summed E-state index contributed by atoms with van der Waals surface area (Å²) in [4.78, 5) is 23.9. The van der Waals surface area contributed by atoms with Crippen molar-refractivity contribution in [1.29, 1.82) is 0 Å². The van der Waals surface area contributed by atoms with Crippen LogP contribution in [0.3, 0.4) is 0 Å². The maximum atomic E-state index is 12.2. The molecule has 0 spiro atoms. The summed E-state index contributed by atoms with van der Waals surface area (Å²) in [7, 11) is 1.29. The number of ether oxygens (including phenoxy) is 1. The zero-order chi connectivity index (χ0) is 17.1. The first-order valence-electron chi connectivity index (χ1n) is 7.19. The van der Waals surface area contributed by atoms with E-state index >= 15 is 0 Å². The van der Waals surface area contributed by atoms with E-state index < -0.39 is 12.0 Å². The number of para-hydroxylation sites is 1. The molecule has 0 radical (unpaired) electrons. The third-order valence-corrected chi connectivity index (χ3v) is 3.43. The molecule has 7 nitrogen and oxygen atoms in total. The van der Waals surface area contributed by atoms with Crippen LogP contribution in [0.4, 0.5) is 27.5 Å². The molecule has 7 heteroatoms. The number of carbonyl (C=O) groups excluding carboxylic acids is 2. The maximum Gasteiger partial charge on any atom is 0.339 e. The summed E-state index contributed by atoms with van der Waals surface area (Å²) in [5, 5.41) is 11.5. The molecule has 0 atom stereocenters. The normalized spacial score (nSPS) is 11.8. The van der Waals surface area contributed by atoms with E-state index in [1.54, 1.807) is 36.4 Å². The van der Waals surface area contributed by atoms with E-state index in [0.29, 0.717) is 17.2 Å². The molecule has 2 aromatic carbocycles. The van der Waals surface area contributed by atoms with Gasteiger partial charge in [0.2, 0.25) is 0 Å². The van der Waals surface area contributed by atoms with Gasteiger partial charge in [-0.05, 0) is 30.3 Å². The smallest absolute Gasteiger partial charge is 0.339 e. The van der Waals surface area contributed by atoms with Crippen LogP contribution in [0.15, 0.2) is 54.9 Å². The fraction of sp³-hybridized carbons (Fsp3) is 0.0588. The Balaban J connectivity index is 1.72. The van der Waals surface area contributed by atoms with E-state index in [1.165, 1.54) is 7.11 Å². The van der Waals surface area contributed by atoms with Gasteiger partial charge in [0, 0.05) is 5.69 Å². The summed E-state index contributed by atoms with van der Waals surface area (Å²) in [6, 6.07) is 11.5. The zero-order valence-corrected chi connectivity index (χ0v) is 13.0. The fourth-order valence-corrected chi connectivity index (χ4v) is 2.36. The van der Waals surface area contributed by atoms with Crippen molar-refractivity contribution < 1.29 is 14.3 Å². The second kappa shape index (κ2) is 6.33. The predicted octanol–water partition coefficient (Wildman–Crippen LogP) is 3.43. The van der Waals surface area contributed by atoms with Gasteiger partial charge in [0.15, 0.2) is 0 Å². The molecule has 0 aliphatic carbocycles.